The van der Waals surface area contributed by atoms with Crippen molar-refractivity contribution in [3.8, 4) is 0 Å². The quantitative estimate of drug-likeness (QED) is 0.567. The highest BCUT2D eigenvalue weighted by Gasteiger charge is 2.50. The second-order valence-corrected chi connectivity index (χ2v) is 13.0. The summed E-state index contributed by atoms with van der Waals surface area (Å²) in [6.45, 7) is 7.08. The summed E-state index contributed by atoms with van der Waals surface area (Å²) in [5.74, 6) is 0.501. The first-order valence-electron chi connectivity index (χ1n) is 13.6. The van der Waals surface area contributed by atoms with Crippen molar-refractivity contribution in [1.82, 2.24) is 14.5 Å². The van der Waals surface area contributed by atoms with E-state index in [-0.39, 0.29) is 23.9 Å². The van der Waals surface area contributed by atoms with Crippen LogP contribution < -0.4 is 5.32 Å². The van der Waals surface area contributed by atoms with E-state index >= 15 is 0 Å². The third-order valence-corrected chi connectivity index (χ3v) is 10.7. The first-order chi connectivity index (χ1) is 17.8. The number of hydrogen-bond donors (Lipinski definition) is 1. The maximum absolute atomic E-state index is 13.9. The van der Waals surface area contributed by atoms with Gasteiger partial charge in [-0.25, -0.2) is 12.8 Å². The van der Waals surface area contributed by atoms with Crippen molar-refractivity contribution < 1.29 is 17.5 Å². The lowest BCUT2D eigenvalue weighted by atomic mass is 9.74. The first-order valence-corrected chi connectivity index (χ1v) is 15.0. The minimum atomic E-state index is -3.58. The second kappa shape index (κ2) is 11.1. The van der Waals surface area contributed by atoms with Crippen LogP contribution in [-0.4, -0.2) is 75.9 Å². The molecule has 3 heterocycles. The Morgan fingerprint density at radius 3 is 2.46 bits per heavy atom. The predicted octanol–water partition coefficient (Wildman–Crippen LogP) is 4.27. The van der Waals surface area contributed by atoms with Crippen LogP contribution in [0, 0.1) is 12.8 Å². The molecular formula is C29H40FN3O3S. The molecule has 0 amide bonds. The number of benzene rings is 2. The van der Waals surface area contributed by atoms with Crippen molar-refractivity contribution in [2.45, 2.75) is 68.2 Å². The van der Waals surface area contributed by atoms with Gasteiger partial charge in [-0.3, -0.25) is 10.2 Å². The molecule has 2 aromatic carbocycles. The molecule has 2 aromatic rings. The number of sulfonamides is 1. The van der Waals surface area contributed by atoms with E-state index in [9.17, 15) is 12.8 Å². The van der Waals surface area contributed by atoms with Crippen LogP contribution in [0.5, 0.6) is 0 Å². The lowest BCUT2D eigenvalue weighted by molar-refractivity contribution is -0.0635. The third kappa shape index (κ3) is 5.23. The van der Waals surface area contributed by atoms with Gasteiger partial charge in [0.1, 0.15) is 0 Å². The third-order valence-electron chi connectivity index (χ3n) is 8.70. The van der Waals surface area contributed by atoms with Crippen molar-refractivity contribution in [2.24, 2.45) is 5.92 Å². The van der Waals surface area contributed by atoms with Crippen molar-refractivity contribution in [1.29, 1.82) is 0 Å². The Balaban J connectivity index is 1.39. The van der Waals surface area contributed by atoms with E-state index < -0.39 is 16.3 Å². The highest BCUT2D eigenvalue weighted by Crippen LogP contribution is 2.43. The van der Waals surface area contributed by atoms with Gasteiger partial charge in [0.05, 0.1) is 11.5 Å². The molecule has 3 aliphatic rings. The minimum absolute atomic E-state index is 0.000747. The lowest BCUT2D eigenvalue weighted by Crippen LogP contribution is -2.68. The van der Waals surface area contributed by atoms with Crippen LogP contribution in [0.1, 0.15) is 54.7 Å². The molecule has 0 aliphatic carbocycles. The Bertz CT molecular complexity index is 1180. The van der Waals surface area contributed by atoms with Gasteiger partial charge in [-0.15, -0.1) is 0 Å². The number of nitrogens with zero attached hydrogens (tertiary/aromatic N) is 2. The zero-order chi connectivity index (χ0) is 26.2. The summed E-state index contributed by atoms with van der Waals surface area (Å²) >= 11 is 0. The number of rotatable bonds is 6. The van der Waals surface area contributed by atoms with Crippen LogP contribution >= 0.6 is 0 Å². The summed E-state index contributed by atoms with van der Waals surface area (Å²) in [4.78, 5) is 2.86. The van der Waals surface area contributed by atoms with Crippen molar-refractivity contribution in [2.75, 3.05) is 39.9 Å². The number of hydrogen-bond acceptors (Lipinski definition) is 5. The van der Waals surface area contributed by atoms with Gasteiger partial charge < -0.3 is 4.74 Å². The lowest BCUT2D eigenvalue weighted by Gasteiger charge is -2.57. The molecule has 37 heavy (non-hydrogen) atoms. The summed E-state index contributed by atoms with van der Waals surface area (Å²) < 4.78 is 48.7. The topological polar surface area (TPSA) is 61.9 Å². The maximum atomic E-state index is 13.9. The Hall–Kier alpha value is -1.84. The molecule has 3 aliphatic heterocycles. The number of aryl methyl sites for hydroxylation is 1. The summed E-state index contributed by atoms with van der Waals surface area (Å²) in [5, 5.41) is 3.00. The van der Waals surface area contributed by atoms with Gasteiger partial charge >= 0.3 is 0 Å². The fourth-order valence-corrected chi connectivity index (χ4v) is 8.34. The van der Waals surface area contributed by atoms with Gasteiger partial charge in [0, 0.05) is 50.7 Å². The largest absolute Gasteiger partial charge is 0.383 e. The normalized spacial score (nSPS) is 31.7. The van der Waals surface area contributed by atoms with Gasteiger partial charge in [0.15, 0.2) is 6.30 Å². The Morgan fingerprint density at radius 1 is 1.05 bits per heavy atom. The predicted molar refractivity (Wildman–Crippen MR) is 144 cm³/mol. The molecule has 8 heteroatoms. The summed E-state index contributed by atoms with van der Waals surface area (Å²) in [5.41, 5.74) is 3.24. The van der Waals surface area contributed by atoms with Crippen LogP contribution in [0.15, 0.2) is 53.4 Å². The van der Waals surface area contributed by atoms with Crippen molar-refractivity contribution >= 4 is 10.0 Å². The van der Waals surface area contributed by atoms with Gasteiger partial charge in [-0.2, -0.15) is 4.31 Å². The van der Waals surface area contributed by atoms with E-state index in [0.29, 0.717) is 37.1 Å². The smallest absolute Gasteiger partial charge is 0.243 e. The highest BCUT2D eigenvalue weighted by atomic mass is 32.2. The van der Waals surface area contributed by atoms with E-state index in [1.54, 1.807) is 23.5 Å². The van der Waals surface area contributed by atoms with Crippen LogP contribution in [0.4, 0.5) is 4.39 Å². The number of alkyl halides is 1. The minimum Gasteiger partial charge on any atom is -0.383 e. The van der Waals surface area contributed by atoms with E-state index in [0.717, 1.165) is 31.4 Å². The summed E-state index contributed by atoms with van der Waals surface area (Å²) in [6, 6.07) is 16.4. The molecule has 0 aromatic heterocycles. The maximum Gasteiger partial charge on any atom is 0.243 e. The molecular weight excluding hydrogens is 489 g/mol. The van der Waals surface area contributed by atoms with Crippen LogP contribution in [-0.2, 0) is 14.8 Å². The molecule has 3 fully saturated rings. The Labute approximate surface area is 221 Å². The van der Waals surface area contributed by atoms with Crippen LogP contribution in [0.2, 0.25) is 0 Å². The first kappa shape index (κ1) is 26.8. The van der Waals surface area contributed by atoms with Gasteiger partial charge in [0.25, 0.3) is 0 Å². The molecule has 3 saturated heterocycles. The second-order valence-electron chi connectivity index (χ2n) is 11.1. The van der Waals surface area contributed by atoms with Gasteiger partial charge in [-0.1, -0.05) is 49.4 Å². The van der Waals surface area contributed by atoms with Crippen LogP contribution in [0.3, 0.4) is 0 Å². The molecule has 6 atom stereocenters. The molecule has 0 spiro atoms. The number of nitrogens with one attached hydrogen (secondary N) is 1. The average Bonchev–Trinajstić information content (AvgIpc) is 2.87. The van der Waals surface area contributed by atoms with Crippen LogP contribution in [0.25, 0.3) is 0 Å². The van der Waals surface area contributed by atoms with E-state index in [4.69, 9.17) is 4.74 Å². The van der Waals surface area contributed by atoms with Crippen molar-refractivity contribution in [3.63, 3.8) is 0 Å². The van der Waals surface area contributed by atoms with Gasteiger partial charge in [0.2, 0.25) is 10.0 Å². The van der Waals surface area contributed by atoms with Crippen molar-refractivity contribution in [3.05, 3.63) is 65.2 Å². The Morgan fingerprint density at radius 2 is 1.76 bits per heavy atom. The number of ether oxygens (including phenoxy) is 1. The number of methoxy groups -OCH3 is 1. The monoisotopic (exact) mass is 529 g/mol. The molecule has 6 nitrogen and oxygen atoms in total. The van der Waals surface area contributed by atoms with E-state index in [1.807, 2.05) is 26.0 Å². The number of fused-ring (bicyclic) bond motifs is 1. The fourth-order valence-electron chi connectivity index (χ4n) is 6.62. The summed E-state index contributed by atoms with van der Waals surface area (Å²) in [6.07, 6.45) is 1.72. The molecule has 202 valence electrons. The Kier molecular flexibility index (Phi) is 8.03. The van der Waals surface area contributed by atoms with E-state index in [2.05, 4.69) is 34.5 Å². The molecule has 1 N–H and O–H groups in total. The number of halogens is 1. The molecule has 4 unspecified atom stereocenters. The summed E-state index contributed by atoms with van der Waals surface area (Å²) in [7, 11) is -1.85. The molecule has 0 bridgehead atoms. The SMILES string of the molecule is COC[C@@H]1C(c2ccc(C3CNC(F)C(C)C3)cc2)[C@@H]2CN(S(=O)(=O)c3ccccc3C)CCCCN12. The molecule has 0 saturated carbocycles. The average molecular weight is 530 g/mol. The molecule has 5 rings (SSSR count). The highest BCUT2D eigenvalue weighted by molar-refractivity contribution is 7.89. The fraction of sp³-hybridized carbons (Fsp3) is 0.586. The molecule has 0 radical (unpaired) electrons. The zero-order valence-electron chi connectivity index (χ0n) is 22.1. The number of piperidine rings is 1. The standard InChI is InChI=1S/C29H40FN3O3S/c1-20-8-4-5-9-27(20)37(34,35)32-14-6-7-15-33-25(18-32)28(26(33)19-36-3)23-12-10-22(11-13-23)24-16-21(2)29(30)31-17-24/h4-5,8-13,21,24-26,28-29,31H,6-7,14-19H2,1-3H3/t21?,24?,25-,26+,28?,29?/m0/s1. The van der Waals surface area contributed by atoms with Gasteiger partial charge in [-0.05, 0) is 61.4 Å². The zero-order valence-corrected chi connectivity index (χ0v) is 23.0. The van der Waals surface area contributed by atoms with E-state index in [1.165, 1.54) is 11.1 Å².